The van der Waals surface area contributed by atoms with Crippen molar-refractivity contribution in [2.75, 3.05) is 26.2 Å². The van der Waals surface area contributed by atoms with Gasteiger partial charge in [0.15, 0.2) is 0 Å². The number of nitrogens with zero attached hydrogens (tertiary/aromatic N) is 2. The van der Waals surface area contributed by atoms with Gasteiger partial charge in [0.25, 0.3) is 0 Å². The summed E-state index contributed by atoms with van der Waals surface area (Å²) in [6, 6.07) is 0.856. The van der Waals surface area contributed by atoms with Crippen molar-refractivity contribution in [2.24, 2.45) is 0 Å². The maximum atomic E-state index is 3.47. The predicted molar refractivity (Wildman–Crippen MR) is 49.7 cm³/mol. The van der Waals surface area contributed by atoms with Gasteiger partial charge in [-0.05, 0) is 25.9 Å². The third kappa shape index (κ3) is 1.76. The molecule has 11 heavy (non-hydrogen) atoms. The van der Waals surface area contributed by atoms with Crippen molar-refractivity contribution >= 4 is 16.1 Å². The summed E-state index contributed by atoms with van der Waals surface area (Å²) in [5.41, 5.74) is 0. The molecule has 3 heteroatoms. The lowest BCUT2D eigenvalue weighted by atomic mass is 10.1. The maximum absolute atomic E-state index is 3.47. The molecule has 2 rings (SSSR count). The molecule has 2 fully saturated rings. The summed E-state index contributed by atoms with van der Waals surface area (Å²) in [7, 11) is 0. The van der Waals surface area contributed by atoms with Crippen molar-refractivity contribution in [1.82, 2.24) is 8.83 Å². The summed E-state index contributed by atoms with van der Waals surface area (Å²) in [6.45, 7) is 5.12. The first kappa shape index (κ1) is 8.02. The summed E-state index contributed by atoms with van der Waals surface area (Å²) in [6.07, 6.45) is 4.28. The highest BCUT2D eigenvalue weighted by molar-refractivity contribution is 9.07. The molecule has 0 unspecified atom stereocenters. The van der Waals surface area contributed by atoms with Crippen LogP contribution in [0.2, 0.25) is 0 Å². The molecule has 2 heterocycles. The normalized spacial score (nSPS) is 30.3. The van der Waals surface area contributed by atoms with E-state index in [1.165, 1.54) is 45.4 Å². The largest absolute Gasteiger partial charge is 0.298 e. The summed E-state index contributed by atoms with van der Waals surface area (Å²) in [4.78, 5) is 2.64. The van der Waals surface area contributed by atoms with E-state index >= 15 is 0 Å². The van der Waals surface area contributed by atoms with Crippen molar-refractivity contribution in [3.63, 3.8) is 0 Å². The molecule has 0 aromatic carbocycles. The fourth-order valence-corrected chi connectivity index (χ4v) is 2.59. The van der Waals surface area contributed by atoms with Gasteiger partial charge in [-0.2, -0.15) is 0 Å². The van der Waals surface area contributed by atoms with Crippen LogP contribution in [0.15, 0.2) is 0 Å². The van der Waals surface area contributed by atoms with Crippen LogP contribution in [0, 0.1) is 0 Å². The summed E-state index contributed by atoms with van der Waals surface area (Å²) in [5, 5.41) is 0. The smallest absolute Gasteiger partial charge is 0.0368 e. The van der Waals surface area contributed by atoms with Crippen LogP contribution in [0.25, 0.3) is 0 Å². The van der Waals surface area contributed by atoms with E-state index in [4.69, 9.17) is 0 Å². The molecule has 0 aromatic rings. The quantitative estimate of drug-likeness (QED) is 0.616. The van der Waals surface area contributed by atoms with Gasteiger partial charge in [-0.1, -0.05) is 6.42 Å². The van der Waals surface area contributed by atoms with Crippen LogP contribution in [-0.2, 0) is 0 Å². The van der Waals surface area contributed by atoms with Crippen molar-refractivity contribution in [3.8, 4) is 0 Å². The van der Waals surface area contributed by atoms with Gasteiger partial charge >= 0.3 is 0 Å². The third-order valence-corrected chi connectivity index (χ3v) is 3.30. The van der Waals surface area contributed by atoms with Crippen molar-refractivity contribution in [3.05, 3.63) is 0 Å². The zero-order chi connectivity index (χ0) is 7.68. The van der Waals surface area contributed by atoms with Gasteiger partial charge < -0.3 is 0 Å². The van der Waals surface area contributed by atoms with Crippen molar-refractivity contribution in [1.29, 1.82) is 0 Å². The molecule has 0 saturated carbocycles. The van der Waals surface area contributed by atoms with Gasteiger partial charge in [-0.25, -0.2) is 3.93 Å². The first-order chi connectivity index (χ1) is 5.36. The van der Waals surface area contributed by atoms with Crippen molar-refractivity contribution < 1.29 is 0 Å². The lowest BCUT2D eigenvalue weighted by Gasteiger charge is -2.43. The minimum Gasteiger partial charge on any atom is -0.298 e. The van der Waals surface area contributed by atoms with Gasteiger partial charge in [-0.15, -0.1) is 0 Å². The number of halogens is 1. The molecule has 0 aliphatic carbocycles. The first-order valence-corrected chi connectivity index (χ1v) is 5.22. The van der Waals surface area contributed by atoms with Gasteiger partial charge in [0.2, 0.25) is 0 Å². The molecule has 2 nitrogen and oxygen atoms in total. The van der Waals surface area contributed by atoms with Gasteiger partial charge in [-0.3, -0.25) is 4.90 Å². The molecule has 2 aliphatic heterocycles. The van der Waals surface area contributed by atoms with E-state index in [0.29, 0.717) is 0 Å². The van der Waals surface area contributed by atoms with Crippen LogP contribution in [0.1, 0.15) is 19.3 Å². The number of piperidine rings is 1. The van der Waals surface area contributed by atoms with E-state index < -0.39 is 0 Å². The lowest BCUT2D eigenvalue weighted by molar-refractivity contribution is 0.0813. The molecule has 0 amide bonds. The lowest BCUT2D eigenvalue weighted by Crippen LogP contribution is -2.56. The average molecular weight is 219 g/mol. The van der Waals surface area contributed by atoms with Crippen LogP contribution in [-0.4, -0.2) is 41.0 Å². The molecule has 0 aromatic heterocycles. The van der Waals surface area contributed by atoms with Gasteiger partial charge in [0.1, 0.15) is 0 Å². The molecule has 0 bridgehead atoms. The third-order valence-electron chi connectivity index (χ3n) is 2.72. The van der Waals surface area contributed by atoms with Crippen LogP contribution in [0.3, 0.4) is 0 Å². The second kappa shape index (κ2) is 3.42. The number of rotatable bonds is 1. The summed E-state index contributed by atoms with van der Waals surface area (Å²) < 4.78 is 2.21. The Morgan fingerprint density at radius 1 is 1.00 bits per heavy atom. The van der Waals surface area contributed by atoms with Crippen LogP contribution in [0.4, 0.5) is 0 Å². The Kier molecular flexibility index (Phi) is 2.49. The minimum atomic E-state index is 0.856. The molecule has 0 N–H and O–H groups in total. The van der Waals surface area contributed by atoms with Crippen LogP contribution in [0.5, 0.6) is 0 Å². The van der Waals surface area contributed by atoms with Crippen LogP contribution < -0.4 is 0 Å². The highest BCUT2D eigenvalue weighted by Gasteiger charge is 2.30. The minimum absolute atomic E-state index is 0.856. The first-order valence-electron chi connectivity index (χ1n) is 4.51. The second-order valence-electron chi connectivity index (χ2n) is 3.58. The van der Waals surface area contributed by atoms with E-state index in [1.54, 1.807) is 0 Å². The maximum Gasteiger partial charge on any atom is 0.0368 e. The fourth-order valence-electron chi connectivity index (χ4n) is 1.92. The second-order valence-corrected chi connectivity index (χ2v) is 4.58. The Hall–Kier alpha value is 0.400. The fraction of sp³-hybridized carbons (Fsp3) is 1.00. The zero-order valence-corrected chi connectivity index (χ0v) is 8.39. The SMILES string of the molecule is BrN1CC(N2CCCCC2)C1. The molecule has 2 saturated heterocycles. The topological polar surface area (TPSA) is 6.48 Å². The molecule has 2 aliphatic rings. The molecule has 0 spiro atoms. The van der Waals surface area contributed by atoms with E-state index in [0.717, 1.165) is 6.04 Å². The zero-order valence-electron chi connectivity index (χ0n) is 6.80. The van der Waals surface area contributed by atoms with Gasteiger partial charge in [0.05, 0.1) is 0 Å². The number of hydrogen-bond acceptors (Lipinski definition) is 2. The van der Waals surface area contributed by atoms with Crippen molar-refractivity contribution in [2.45, 2.75) is 25.3 Å². The predicted octanol–water partition coefficient (Wildman–Crippen LogP) is 1.47. The summed E-state index contributed by atoms with van der Waals surface area (Å²) >= 11 is 3.47. The van der Waals surface area contributed by atoms with E-state index in [2.05, 4.69) is 25.0 Å². The molecular formula is C8H15BrN2. The van der Waals surface area contributed by atoms with E-state index in [-0.39, 0.29) is 0 Å². The summed E-state index contributed by atoms with van der Waals surface area (Å²) in [5.74, 6) is 0. The Bertz CT molecular complexity index is 128. The van der Waals surface area contributed by atoms with E-state index in [1.807, 2.05) is 0 Å². The average Bonchev–Trinajstić information content (AvgIpc) is 2.01. The molecule has 0 radical (unpaired) electrons. The Balaban J connectivity index is 1.76. The number of likely N-dealkylation sites (tertiary alicyclic amines) is 1. The van der Waals surface area contributed by atoms with Gasteiger partial charge in [0, 0.05) is 35.3 Å². The monoisotopic (exact) mass is 218 g/mol. The van der Waals surface area contributed by atoms with Crippen LogP contribution >= 0.6 is 16.1 Å². The molecule has 0 atom stereocenters. The Morgan fingerprint density at radius 2 is 1.64 bits per heavy atom. The molecule has 64 valence electrons. The van der Waals surface area contributed by atoms with E-state index in [9.17, 15) is 0 Å². The molecular weight excluding hydrogens is 204 g/mol. The highest BCUT2D eigenvalue weighted by atomic mass is 79.9. The number of hydrogen-bond donors (Lipinski definition) is 0. The Morgan fingerprint density at radius 3 is 2.18 bits per heavy atom. The standard InChI is InChI=1S/C8H15BrN2/c9-11-6-8(7-11)10-4-2-1-3-5-10/h8H,1-7H2. The highest BCUT2D eigenvalue weighted by Crippen LogP contribution is 2.21. The Labute approximate surface area is 76.9 Å².